The summed E-state index contributed by atoms with van der Waals surface area (Å²) in [5.41, 5.74) is 4.13. The van der Waals surface area contributed by atoms with Gasteiger partial charge in [0, 0.05) is 43.5 Å². The van der Waals surface area contributed by atoms with Crippen LogP contribution in [0.15, 0.2) is 66.7 Å². The van der Waals surface area contributed by atoms with Gasteiger partial charge in [0.15, 0.2) is 0 Å². The van der Waals surface area contributed by atoms with Crippen molar-refractivity contribution in [2.24, 2.45) is 0 Å². The molecule has 2 aromatic carbocycles. The van der Waals surface area contributed by atoms with Crippen LogP contribution >= 0.6 is 0 Å². The van der Waals surface area contributed by atoms with E-state index in [1.165, 1.54) is 18.4 Å². The molecule has 32 heavy (non-hydrogen) atoms. The van der Waals surface area contributed by atoms with E-state index >= 15 is 0 Å². The summed E-state index contributed by atoms with van der Waals surface area (Å²) in [6.07, 6.45) is 7.60. The standard InChI is InChI=1S/C26H29N5O/c1-2-12-27-19-20-8-6-10-22(16-20)28-26-29-24(18-25(30-26)31-13-3-4-14-31)21-9-7-11-23(17-21)32-15-5-1/h1-2,6-11,16-18,27H,3-5,12-15,19H2,(H,28,29,30)/b2-1+. The zero-order valence-corrected chi connectivity index (χ0v) is 18.3. The lowest BCUT2D eigenvalue weighted by Gasteiger charge is -2.19. The predicted molar refractivity (Wildman–Crippen MR) is 130 cm³/mol. The monoisotopic (exact) mass is 427 g/mol. The number of aromatic nitrogens is 2. The Balaban J connectivity index is 1.54. The lowest BCUT2D eigenvalue weighted by molar-refractivity contribution is 0.325. The van der Waals surface area contributed by atoms with E-state index in [1.54, 1.807) is 0 Å². The first-order chi connectivity index (χ1) is 15.8. The second-order valence-electron chi connectivity index (χ2n) is 8.22. The topological polar surface area (TPSA) is 62.3 Å². The highest BCUT2D eigenvalue weighted by molar-refractivity contribution is 5.68. The molecular formula is C26H29N5O. The molecule has 1 aromatic heterocycles. The SMILES string of the molecule is C1=C/CNCc2cccc(c2)Nc2nc(cc(N3CCCC3)n2)-c2cccc(c2)OCC/1. The van der Waals surface area contributed by atoms with Crippen LogP contribution in [-0.4, -0.2) is 36.2 Å². The Kier molecular flexibility index (Phi) is 6.30. The molecular weight excluding hydrogens is 398 g/mol. The molecule has 164 valence electrons. The second-order valence-corrected chi connectivity index (χ2v) is 8.22. The van der Waals surface area contributed by atoms with Crippen LogP contribution in [0.3, 0.4) is 0 Å². The summed E-state index contributed by atoms with van der Waals surface area (Å²) in [4.78, 5) is 12.1. The van der Waals surface area contributed by atoms with E-state index in [9.17, 15) is 0 Å². The van der Waals surface area contributed by atoms with Crippen molar-refractivity contribution < 1.29 is 4.74 Å². The fraction of sp³-hybridized carbons (Fsp3) is 0.308. The summed E-state index contributed by atoms with van der Waals surface area (Å²) in [5, 5.41) is 6.90. The summed E-state index contributed by atoms with van der Waals surface area (Å²) in [5.74, 6) is 2.45. The Hall–Kier alpha value is -3.38. The van der Waals surface area contributed by atoms with Gasteiger partial charge in [-0.1, -0.05) is 36.4 Å². The minimum atomic E-state index is 0.616. The Morgan fingerprint density at radius 2 is 1.81 bits per heavy atom. The highest BCUT2D eigenvalue weighted by Gasteiger charge is 2.17. The van der Waals surface area contributed by atoms with Crippen molar-refractivity contribution in [3.05, 3.63) is 72.3 Å². The first-order valence-electron chi connectivity index (χ1n) is 11.4. The molecule has 0 saturated carbocycles. The molecule has 0 radical (unpaired) electrons. The summed E-state index contributed by atoms with van der Waals surface area (Å²) < 4.78 is 5.99. The summed E-state index contributed by atoms with van der Waals surface area (Å²) in [7, 11) is 0. The number of hydrogen-bond donors (Lipinski definition) is 2. The fourth-order valence-corrected chi connectivity index (χ4v) is 4.13. The molecule has 0 spiro atoms. The number of rotatable bonds is 1. The lowest BCUT2D eigenvalue weighted by Crippen LogP contribution is -2.19. The number of anilines is 3. The minimum Gasteiger partial charge on any atom is -0.493 e. The lowest BCUT2D eigenvalue weighted by atomic mass is 10.1. The predicted octanol–water partition coefficient (Wildman–Crippen LogP) is 4.92. The van der Waals surface area contributed by atoms with Crippen molar-refractivity contribution in [1.82, 2.24) is 15.3 Å². The van der Waals surface area contributed by atoms with Crippen LogP contribution in [0.25, 0.3) is 11.3 Å². The third-order valence-corrected chi connectivity index (χ3v) is 5.77. The molecule has 6 nitrogen and oxygen atoms in total. The molecule has 0 atom stereocenters. The Bertz CT molecular complexity index is 1090. The first kappa shape index (κ1) is 20.5. The van der Waals surface area contributed by atoms with Crippen LogP contribution in [0, 0.1) is 0 Å². The highest BCUT2D eigenvalue weighted by Crippen LogP contribution is 2.29. The van der Waals surface area contributed by atoms with E-state index in [0.29, 0.717) is 12.6 Å². The van der Waals surface area contributed by atoms with E-state index in [-0.39, 0.29) is 0 Å². The van der Waals surface area contributed by atoms with Gasteiger partial charge in [0.1, 0.15) is 11.6 Å². The second kappa shape index (κ2) is 9.83. The Labute approximate surface area is 189 Å². The average molecular weight is 428 g/mol. The maximum atomic E-state index is 5.99. The van der Waals surface area contributed by atoms with Gasteiger partial charge in [-0.25, -0.2) is 4.98 Å². The highest BCUT2D eigenvalue weighted by atomic mass is 16.5. The minimum absolute atomic E-state index is 0.616. The van der Waals surface area contributed by atoms with Crippen molar-refractivity contribution in [3.8, 4) is 17.0 Å². The number of ether oxygens (including phenoxy) is 1. The van der Waals surface area contributed by atoms with E-state index in [1.807, 2.05) is 12.1 Å². The van der Waals surface area contributed by atoms with Crippen LogP contribution in [0.5, 0.6) is 5.75 Å². The zero-order valence-electron chi connectivity index (χ0n) is 18.3. The van der Waals surface area contributed by atoms with Gasteiger partial charge in [-0.2, -0.15) is 4.98 Å². The smallest absolute Gasteiger partial charge is 0.229 e. The summed E-state index contributed by atoms with van der Waals surface area (Å²) in [6.45, 7) is 4.36. The summed E-state index contributed by atoms with van der Waals surface area (Å²) >= 11 is 0. The van der Waals surface area contributed by atoms with Gasteiger partial charge in [-0.05, 0) is 49.1 Å². The molecule has 6 bridgehead atoms. The summed E-state index contributed by atoms with van der Waals surface area (Å²) in [6, 6.07) is 18.7. The number of nitrogens with one attached hydrogen (secondary N) is 2. The third-order valence-electron chi connectivity index (χ3n) is 5.77. The maximum absolute atomic E-state index is 5.99. The average Bonchev–Trinajstić information content (AvgIpc) is 3.36. The van der Waals surface area contributed by atoms with Crippen LogP contribution < -0.4 is 20.3 Å². The van der Waals surface area contributed by atoms with Crippen LogP contribution in [0.4, 0.5) is 17.5 Å². The van der Waals surface area contributed by atoms with Crippen molar-refractivity contribution in [2.75, 3.05) is 36.5 Å². The Morgan fingerprint density at radius 3 is 2.75 bits per heavy atom. The molecule has 5 rings (SSSR count). The number of nitrogens with zero attached hydrogens (tertiary/aromatic N) is 3. The third kappa shape index (κ3) is 5.08. The molecule has 2 aliphatic rings. The van der Waals surface area contributed by atoms with Crippen LogP contribution in [0.2, 0.25) is 0 Å². The normalized spacial score (nSPS) is 17.6. The zero-order chi connectivity index (χ0) is 21.6. The van der Waals surface area contributed by atoms with E-state index in [2.05, 4.69) is 70.2 Å². The van der Waals surface area contributed by atoms with Gasteiger partial charge in [-0.15, -0.1) is 0 Å². The Morgan fingerprint density at radius 1 is 0.906 bits per heavy atom. The quantitative estimate of drug-likeness (QED) is 0.538. The number of benzene rings is 2. The van der Waals surface area contributed by atoms with Gasteiger partial charge < -0.3 is 20.3 Å². The molecule has 2 aliphatic heterocycles. The van der Waals surface area contributed by atoms with Gasteiger partial charge >= 0.3 is 0 Å². The molecule has 0 amide bonds. The van der Waals surface area contributed by atoms with E-state index in [0.717, 1.165) is 61.1 Å². The molecule has 0 aliphatic carbocycles. The van der Waals surface area contributed by atoms with Gasteiger partial charge in [0.25, 0.3) is 0 Å². The van der Waals surface area contributed by atoms with Crippen molar-refractivity contribution in [1.29, 1.82) is 0 Å². The molecule has 0 unspecified atom stereocenters. The molecule has 3 aromatic rings. The number of fused-ring (bicyclic) bond motifs is 7. The largest absolute Gasteiger partial charge is 0.493 e. The fourth-order valence-electron chi connectivity index (χ4n) is 4.13. The van der Waals surface area contributed by atoms with Crippen molar-refractivity contribution in [2.45, 2.75) is 25.8 Å². The van der Waals surface area contributed by atoms with Gasteiger partial charge in [0.05, 0.1) is 12.3 Å². The molecule has 6 heteroatoms. The van der Waals surface area contributed by atoms with Crippen LogP contribution in [-0.2, 0) is 6.54 Å². The van der Waals surface area contributed by atoms with Crippen molar-refractivity contribution in [3.63, 3.8) is 0 Å². The molecule has 1 saturated heterocycles. The van der Waals surface area contributed by atoms with Crippen molar-refractivity contribution >= 4 is 17.5 Å². The molecule has 2 N–H and O–H groups in total. The molecule has 3 heterocycles. The van der Waals surface area contributed by atoms with E-state index in [4.69, 9.17) is 14.7 Å². The number of hydrogen-bond acceptors (Lipinski definition) is 6. The van der Waals surface area contributed by atoms with Gasteiger partial charge in [0.2, 0.25) is 5.95 Å². The van der Waals surface area contributed by atoms with Crippen LogP contribution in [0.1, 0.15) is 24.8 Å². The van der Waals surface area contributed by atoms with Gasteiger partial charge in [-0.3, -0.25) is 0 Å². The van der Waals surface area contributed by atoms with E-state index < -0.39 is 0 Å². The first-order valence-corrected chi connectivity index (χ1v) is 11.4. The molecule has 1 fully saturated rings. The maximum Gasteiger partial charge on any atom is 0.229 e.